The summed E-state index contributed by atoms with van der Waals surface area (Å²) < 4.78 is 17.9. The van der Waals surface area contributed by atoms with Crippen molar-refractivity contribution in [2.45, 2.75) is 135 Å². The lowest BCUT2D eigenvalue weighted by Gasteiger charge is -2.52. The Hall–Kier alpha value is -3.19. The molecule has 7 nitrogen and oxygen atoms in total. The zero-order valence-electron chi connectivity index (χ0n) is 28.0. The Morgan fingerprint density at radius 2 is 1.31 bits per heavy atom. The molecule has 0 fully saturated rings. The van der Waals surface area contributed by atoms with Gasteiger partial charge < -0.3 is 14.2 Å². The van der Waals surface area contributed by atoms with Crippen LogP contribution in [0.1, 0.15) is 139 Å². The van der Waals surface area contributed by atoms with Gasteiger partial charge in [0.05, 0.1) is 7.05 Å². The Labute approximate surface area is 270 Å². The number of esters is 3. The second-order valence-corrected chi connectivity index (χ2v) is 13.2. The van der Waals surface area contributed by atoms with Crippen molar-refractivity contribution in [3.63, 3.8) is 0 Å². The molecule has 0 aromatic heterocycles. The number of quaternary nitrogens is 1. The number of ether oxygens (including phenoxy) is 3. The number of fused-ring (bicyclic) bond motifs is 2. The summed E-state index contributed by atoms with van der Waals surface area (Å²) in [5.74, 6) is -1.19. The van der Waals surface area contributed by atoms with Crippen LogP contribution in [0.15, 0.2) is 42.5 Å². The van der Waals surface area contributed by atoms with E-state index in [1.54, 1.807) is 0 Å². The summed E-state index contributed by atoms with van der Waals surface area (Å²) in [6.07, 6.45) is 15.6. The number of rotatable bonds is 18. The molecular weight excluding hydrogens is 566 g/mol. The van der Waals surface area contributed by atoms with Gasteiger partial charge in [0.15, 0.2) is 0 Å². The van der Waals surface area contributed by atoms with Crippen LogP contribution in [0.3, 0.4) is 0 Å². The fraction of sp³-hybridized carbons (Fsp3) is 0.605. The molecule has 0 saturated heterocycles. The molecule has 0 saturated carbocycles. The molecule has 0 N–H and O–H groups in total. The molecular formula is C38H54NO6+. The molecule has 1 aliphatic carbocycles. The molecule has 2 aliphatic rings. The number of likely N-dealkylation sites (N-methyl/N-ethyl adjacent to an activating group) is 1. The number of carbonyl (C=O) groups excluding carboxylic acids is 3. The van der Waals surface area contributed by atoms with E-state index in [2.05, 4.69) is 25.1 Å². The molecule has 45 heavy (non-hydrogen) atoms. The van der Waals surface area contributed by atoms with Crippen molar-refractivity contribution < 1.29 is 33.1 Å². The van der Waals surface area contributed by atoms with E-state index in [-0.39, 0.29) is 23.2 Å². The van der Waals surface area contributed by atoms with Gasteiger partial charge in [-0.05, 0) is 23.1 Å². The number of hydrogen-bond donors (Lipinski definition) is 0. The van der Waals surface area contributed by atoms with Crippen LogP contribution in [-0.4, -0.2) is 42.4 Å². The number of benzene rings is 2. The van der Waals surface area contributed by atoms with E-state index in [0.717, 1.165) is 41.5 Å². The zero-order chi connectivity index (χ0) is 32.2. The molecule has 0 amide bonds. The van der Waals surface area contributed by atoms with Crippen molar-refractivity contribution in [1.82, 2.24) is 0 Å². The zero-order valence-corrected chi connectivity index (χ0v) is 28.0. The van der Waals surface area contributed by atoms with Gasteiger partial charge in [-0.3, -0.25) is 14.4 Å². The molecule has 1 aliphatic heterocycles. The van der Waals surface area contributed by atoms with Gasteiger partial charge in [0.1, 0.15) is 6.04 Å². The molecule has 0 radical (unpaired) electrons. The molecule has 246 valence electrons. The van der Waals surface area contributed by atoms with Gasteiger partial charge in [-0.1, -0.05) is 126 Å². The molecule has 4 atom stereocenters. The van der Waals surface area contributed by atoms with Gasteiger partial charge in [-0.15, -0.1) is 0 Å². The Bertz CT molecular complexity index is 1290. The van der Waals surface area contributed by atoms with Crippen LogP contribution in [-0.2, 0) is 35.0 Å². The average molecular weight is 621 g/mol. The second-order valence-electron chi connectivity index (χ2n) is 13.2. The summed E-state index contributed by atoms with van der Waals surface area (Å²) in [4.78, 5) is 37.8. The lowest BCUT2D eigenvalue weighted by Crippen LogP contribution is -2.63. The van der Waals surface area contributed by atoms with Crippen molar-refractivity contribution >= 4 is 17.9 Å². The molecule has 0 spiro atoms. The van der Waals surface area contributed by atoms with E-state index in [9.17, 15) is 14.4 Å². The van der Waals surface area contributed by atoms with Crippen molar-refractivity contribution in [2.75, 3.05) is 13.8 Å². The monoisotopic (exact) mass is 620 g/mol. The minimum Gasteiger partial charge on any atom is -0.447 e. The number of hydrogen-bond acceptors (Lipinski definition) is 6. The highest BCUT2D eigenvalue weighted by Gasteiger charge is 2.57. The topological polar surface area (TPSA) is 78.9 Å². The molecule has 2 aromatic carbocycles. The summed E-state index contributed by atoms with van der Waals surface area (Å²) in [6, 6.07) is 14.1. The first-order chi connectivity index (χ1) is 21.8. The summed E-state index contributed by atoms with van der Waals surface area (Å²) >= 11 is 0. The fourth-order valence-corrected chi connectivity index (χ4v) is 7.24. The first kappa shape index (κ1) is 34.7. The van der Waals surface area contributed by atoms with Crippen molar-refractivity contribution in [3.8, 4) is 11.1 Å². The van der Waals surface area contributed by atoms with Gasteiger partial charge >= 0.3 is 17.9 Å². The van der Waals surface area contributed by atoms with E-state index in [4.69, 9.17) is 14.2 Å². The van der Waals surface area contributed by atoms with Gasteiger partial charge in [-0.2, -0.15) is 0 Å². The number of unbranched alkanes of at least 4 members (excludes halogenated alkanes) is 12. The van der Waals surface area contributed by atoms with E-state index < -0.39 is 24.3 Å². The second kappa shape index (κ2) is 16.9. The third kappa shape index (κ3) is 8.96. The Morgan fingerprint density at radius 3 is 1.93 bits per heavy atom. The highest BCUT2D eigenvalue weighted by Crippen LogP contribution is 2.53. The van der Waals surface area contributed by atoms with Gasteiger partial charge in [0, 0.05) is 37.8 Å². The highest BCUT2D eigenvalue weighted by molar-refractivity contribution is 5.76. The van der Waals surface area contributed by atoms with Gasteiger partial charge in [-0.25, -0.2) is 4.48 Å². The van der Waals surface area contributed by atoms with Crippen LogP contribution < -0.4 is 0 Å². The van der Waals surface area contributed by atoms with Crippen LogP contribution in [0.5, 0.6) is 0 Å². The van der Waals surface area contributed by atoms with Gasteiger partial charge in [0.25, 0.3) is 6.23 Å². The Balaban J connectivity index is 1.37. The van der Waals surface area contributed by atoms with E-state index in [1.165, 1.54) is 83.6 Å². The largest absolute Gasteiger partial charge is 0.447 e. The lowest BCUT2D eigenvalue weighted by molar-refractivity contribution is -0.999. The predicted octanol–water partition coefficient (Wildman–Crippen LogP) is 8.89. The molecule has 4 unspecified atom stereocenters. The highest BCUT2D eigenvalue weighted by atomic mass is 16.6. The molecule has 0 bridgehead atoms. The summed E-state index contributed by atoms with van der Waals surface area (Å²) in [7, 11) is 1.95. The minimum absolute atomic E-state index is 0.00754. The number of nitrogens with zero attached hydrogens (tertiary/aromatic N) is 1. The smallest absolute Gasteiger partial charge is 0.310 e. The third-order valence-electron chi connectivity index (χ3n) is 9.62. The third-order valence-corrected chi connectivity index (χ3v) is 9.62. The van der Waals surface area contributed by atoms with Crippen molar-refractivity contribution in [1.29, 1.82) is 0 Å². The molecule has 7 heteroatoms. The summed E-state index contributed by atoms with van der Waals surface area (Å²) in [6.45, 7) is 4.99. The summed E-state index contributed by atoms with van der Waals surface area (Å²) in [5.41, 5.74) is 5.29. The lowest BCUT2D eigenvalue weighted by atomic mass is 9.75. The first-order valence-corrected chi connectivity index (χ1v) is 17.3. The molecule has 2 aromatic rings. The minimum atomic E-state index is -0.867. The van der Waals surface area contributed by atoms with Crippen molar-refractivity contribution in [3.05, 3.63) is 59.2 Å². The van der Waals surface area contributed by atoms with Crippen LogP contribution in [0, 0.1) is 0 Å². The van der Waals surface area contributed by atoms with Crippen LogP contribution in [0.2, 0.25) is 0 Å². The quantitative estimate of drug-likeness (QED) is 0.0717. The predicted molar refractivity (Wildman–Crippen MR) is 176 cm³/mol. The van der Waals surface area contributed by atoms with E-state index in [1.807, 2.05) is 31.3 Å². The maximum atomic E-state index is 13.0. The van der Waals surface area contributed by atoms with Crippen LogP contribution >= 0.6 is 0 Å². The fourth-order valence-electron chi connectivity index (χ4n) is 7.24. The molecule has 1 heterocycles. The van der Waals surface area contributed by atoms with Crippen molar-refractivity contribution in [2.24, 2.45) is 0 Å². The normalized spacial score (nSPS) is 21.4. The van der Waals surface area contributed by atoms with E-state index in [0.29, 0.717) is 12.8 Å². The maximum Gasteiger partial charge on any atom is 0.310 e. The maximum absolute atomic E-state index is 13.0. The van der Waals surface area contributed by atoms with Crippen LogP contribution in [0.4, 0.5) is 0 Å². The Morgan fingerprint density at radius 1 is 0.733 bits per heavy atom. The average Bonchev–Trinajstić information content (AvgIpc) is 3.02. The standard InChI is InChI=1S/C38H54NO6/c1-5-6-7-8-9-10-11-12-13-14-15-16-17-25-35(42)43-27-39(4)34-26-30-21-18-19-22-31(30)32-23-20-24-33(36(32)34)37(44-28(2)40)38(39)45-29(3)41/h18-24,34,37-38H,5-17,25-27H2,1-4H3/q+1. The van der Waals surface area contributed by atoms with Gasteiger partial charge in [0.2, 0.25) is 12.8 Å². The number of carbonyl (C=O) groups is 3. The molecule has 4 rings (SSSR count). The van der Waals surface area contributed by atoms with Crippen LogP contribution in [0.25, 0.3) is 11.1 Å². The Kier molecular flexibility index (Phi) is 13.0. The first-order valence-electron chi connectivity index (χ1n) is 17.3. The SMILES string of the molecule is CCCCCCCCCCCCCCCC(=O)OC[N+]1(C)C2Cc3ccccc3-c3cccc(c32)C(OC(C)=O)C1OC(C)=O. The van der Waals surface area contributed by atoms with E-state index >= 15 is 0 Å². The summed E-state index contributed by atoms with van der Waals surface area (Å²) in [5, 5.41) is 0.